The highest BCUT2D eigenvalue weighted by molar-refractivity contribution is 5.82. The molecular weight excluding hydrogens is 317 g/mol. The van der Waals surface area contributed by atoms with Gasteiger partial charge in [-0.2, -0.15) is 5.10 Å². The molecule has 0 bridgehead atoms. The van der Waals surface area contributed by atoms with Gasteiger partial charge in [0.05, 0.1) is 24.2 Å². The number of halogens is 1. The van der Waals surface area contributed by atoms with Crippen LogP contribution in [-0.4, -0.2) is 21.9 Å². The Balaban J connectivity index is 1.86. The van der Waals surface area contributed by atoms with Crippen molar-refractivity contribution in [1.82, 2.24) is 14.8 Å². The molecule has 124 valence electrons. The second-order valence-electron chi connectivity index (χ2n) is 5.77. The molecule has 2 aromatic carbocycles. The maximum Gasteiger partial charge on any atom is 0.163 e. The second kappa shape index (κ2) is 6.02. The Kier molecular flexibility index (Phi) is 3.69. The van der Waals surface area contributed by atoms with E-state index in [-0.39, 0.29) is 5.82 Å². The highest BCUT2D eigenvalue weighted by Gasteiger charge is 2.12. The first-order valence-electron chi connectivity index (χ1n) is 7.92. The van der Waals surface area contributed by atoms with E-state index in [9.17, 15) is 4.39 Å². The molecule has 5 heteroatoms. The van der Waals surface area contributed by atoms with E-state index in [4.69, 9.17) is 9.72 Å². The quantitative estimate of drug-likeness (QED) is 0.552. The lowest BCUT2D eigenvalue weighted by Gasteiger charge is -2.06. The minimum absolute atomic E-state index is 0.274. The Hall–Kier alpha value is -3.21. The van der Waals surface area contributed by atoms with Crippen LogP contribution in [0, 0.1) is 12.7 Å². The minimum atomic E-state index is -0.274. The average Bonchev–Trinajstić information content (AvgIpc) is 2.99. The van der Waals surface area contributed by atoms with Crippen LogP contribution in [0.4, 0.5) is 4.39 Å². The molecule has 4 nitrogen and oxygen atoms in total. The molecule has 0 aliphatic heterocycles. The van der Waals surface area contributed by atoms with E-state index in [1.807, 2.05) is 43.3 Å². The Bertz CT molecular complexity index is 1040. The van der Waals surface area contributed by atoms with E-state index < -0.39 is 0 Å². The van der Waals surface area contributed by atoms with Gasteiger partial charge < -0.3 is 4.74 Å². The van der Waals surface area contributed by atoms with Gasteiger partial charge in [-0.15, -0.1) is 0 Å². The second-order valence-corrected chi connectivity index (χ2v) is 5.77. The van der Waals surface area contributed by atoms with E-state index in [2.05, 4.69) is 5.10 Å². The molecule has 0 fully saturated rings. The standard InChI is InChI=1S/C20H16FN3O/c1-13-18-11-12-19(14-3-9-17(25-2)10-4-14)22-20(18)24(23-13)16-7-5-15(21)6-8-16/h3-12H,1-2H3. The zero-order valence-corrected chi connectivity index (χ0v) is 13.9. The van der Waals surface area contributed by atoms with Crippen LogP contribution < -0.4 is 4.74 Å². The summed E-state index contributed by atoms with van der Waals surface area (Å²) in [5.74, 6) is 0.529. The van der Waals surface area contributed by atoms with Crippen molar-refractivity contribution < 1.29 is 9.13 Å². The summed E-state index contributed by atoms with van der Waals surface area (Å²) >= 11 is 0. The van der Waals surface area contributed by atoms with Crippen molar-refractivity contribution in [1.29, 1.82) is 0 Å². The molecule has 0 aliphatic rings. The summed E-state index contributed by atoms with van der Waals surface area (Å²) in [7, 11) is 1.64. The maximum atomic E-state index is 13.2. The third-order valence-electron chi connectivity index (χ3n) is 4.17. The number of nitrogens with zero attached hydrogens (tertiary/aromatic N) is 3. The first-order valence-corrected chi connectivity index (χ1v) is 7.92. The molecule has 4 aromatic rings. The molecule has 0 spiro atoms. The summed E-state index contributed by atoms with van der Waals surface area (Å²) < 4.78 is 20.2. The van der Waals surface area contributed by atoms with Crippen LogP contribution >= 0.6 is 0 Å². The minimum Gasteiger partial charge on any atom is -0.497 e. The van der Waals surface area contributed by atoms with Gasteiger partial charge >= 0.3 is 0 Å². The Morgan fingerprint density at radius 1 is 0.920 bits per heavy atom. The number of ether oxygens (including phenoxy) is 1. The fraction of sp³-hybridized carbons (Fsp3) is 0.100. The van der Waals surface area contributed by atoms with Crippen molar-refractivity contribution in [2.45, 2.75) is 6.92 Å². The third-order valence-corrected chi connectivity index (χ3v) is 4.17. The van der Waals surface area contributed by atoms with Gasteiger partial charge in [0.2, 0.25) is 0 Å². The number of aryl methyl sites for hydroxylation is 1. The van der Waals surface area contributed by atoms with Crippen molar-refractivity contribution in [3.05, 3.63) is 72.2 Å². The van der Waals surface area contributed by atoms with Crippen molar-refractivity contribution >= 4 is 11.0 Å². The lowest BCUT2D eigenvalue weighted by molar-refractivity contribution is 0.415. The van der Waals surface area contributed by atoms with Crippen LogP contribution in [0.25, 0.3) is 28.0 Å². The lowest BCUT2D eigenvalue weighted by Crippen LogP contribution is -1.98. The average molecular weight is 333 g/mol. The number of hydrogen-bond donors (Lipinski definition) is 0. The van der Waals surface area contributed by atoms with Crippen LogP contribution in [0.3, 0.4) is 0 Å². The fourth-order valence-corrected chi connectivity index (χ4v) is 2.83. The summed E-state index contributed by atoms with van der Waals surface area (Å²) in [5.41, 5.74) is 4.25. The molecule has 0 saturated heterocycles. The van der Waals surface area contributed by atoms with Crippen LogP contribution in [-0.2, 0) is 0 Å². The Labute approximate surface area is 144 Å². The number of rotatable bonds is 3. The van der Waals surface area contributed by atoms with E-state index in [0.717, 1.165) is 39.4 Å². The molecule has 0 amide bonds. The monoisotopic (exact) mass is 333 g/mol. The first-order chi connectivity index (χ1) is 12.2. The summed E-state index contributed by atoms with van der Waals surface area (Å²) in [4.78, 5) is 4.79. The molecule has 0 aliphatic carbocycles. The van der Waals surface area contributed by atoms with E-state index >= 15 is 0 Å². The highest BCUT2D eigenvalue weighted by atomic mass is 19.1. The van der Waals surface area contributed by atoms with Crippen molar-refractivity contribution in [3.63, 3.8) is 0 Å². The van der Waals surface area contributed by atoms with Crippen LogP contribution in [0.2, 0.25) is 0 Å². The molecule has 0 radical (unpaired) electrons. The normalized spacial score (nSPS) is 11.0. The molecule has 0 atom stereocenters. The first kappa shape index (κ1) is 15.3. The van der Waals surface area contributed by atoms with Crippen LogP contribution in [0.5, 0.6) is 5.75 Å². The number of fused-ring (bicyclic) bond motifs is 1. The molecule has 2 aromatic heterocycles. The number of methoxy groups -OCH3 is 1. The largest absolute Gasteiger partial charge is 0.497 e. The molecule has 0 unspecified atom stereocenters. The van der Waals surface area contributed by atoms with Gasteiger partial charge in [-0.1, -0.05) is 0 Å². The smallest absolute Gasteiger partial charge is 0.163 e. The van der Waals surface area contributed by atoms with Gasteiger partial charge in [-0.3, -0.25) is 0 Å². The van der Waals surface area contributed by atoms with E-state index in [1.54, 1.807) is 23.9 Å². The summed E-state index contributed by atoms with van der Waals surface area (Å²) in [5, 5.41) is 5.54. The Morgan fingerprint density at radius 2 is 1.64 bits per heavy atom. The molecule has 2 heterocycles. The van der Waals surface area contributed by atoms with E-state index in [1.165, 1.54) is 12.1 Å². The summed E-state index contributed by atoms with van der Waals surface area (Å²) in [6, 6.07) is 18.0. The SMILES string of the molecule is COc1ccc(-c2ccc3c(C)nn(-c4ccc(F)cc4)c3n2)cc1. The predicted octanol–water partition coefficient (Wildman–Crippen LogP) is 4.54. The molecule has 0 N–H and O–H groups in total. The van der Waals surface area contributed by atoms with Gasteiger partial charge in [0, 0.05) is 10.9 Å². The molecular formula is C20H16FN3O. The topological polar surface area (TPSA) is 39.9 Å². The lowest BCUT2D eigenvalue weighted by atomic mass is 10.1. The number of aromatic nitrogens is 3. The predicted molar refractivity (Wildman–Crippen MR) is 95.5 cm³/mol. The zero-order chi connectivity index (χ0) is 17.4. The van der Waals surface area contributed by atoms with Crippen molar-refractivity contribution in [3.8, 4) is 22.7 Å². The molecule has 0 saturated carbocycles. The molecule has 25 heavy (non-hydrogen) atoms. The van der Waals surface area contributed by atoms with Gasteiger partial charge in [0.15, 0.2) is 5.65 Å². The van der Waals surface area contributed by atoms with Gasteiger partial charge in [-0.05, 0) is 67.6 Å². The molecule has 4 rings (SSSR count). The van der Waals surface area contributed by atoms with Gasteiger partial charge in [0.25, 0.3) is 0 Å². The third kappa shape index (κ3) is 2.74. The van der Waals surface area contributed by atoms with Crippen molar-refractivity contribution in [2.75, 3.05) is 7.11 Å². The van der Waals surface area contributed by atoms with Crippen LogP contribution in [0.15, 0.2) is 60.7 Å². The van der Waals surface area contributed by atoms with Crippen molar-refractivity contribution in [2.24, 2.45) is 0 Å². The zero-order valence-electron chi connectivity index (χ0n) is 13.9. The van der Waals surface area contributed by atoms with Crippen LogP contribution in [0.1, 0.15) is 5.69 Å². The number of hydrogen-bond acceptors (Lipinski definition) is 3. The number of pyridine rings is 1. The van der Waals surface area contributed by atoms with E-state index in [0.29, 0.717) is 0 Å². The highest BCUT2D eigenvalue weighted by Crippen LogP contribution is 2.26. The van der Waals surface area contributed by atoms with Gasteiger partial charge in [0.1, 0.15) is 11.6 Å². The Morgan fingerprint density at radius 3 is 2.32 bits per heavy atom. The summed E-state index contributed by atoms with van der Waals surface area (Å²) in [6.45, 7) is 1.94. The van der Waals surface area contributed by atoms with Gasteiger partial charge in [-0.25, -0.2) is 14.1 Å². The number of benzene rings is 2. The maximum absolute atomic E-state index is 13.2. The summed E-state index contributed by atoms with van der Waals surface area (Å²) in [6.07, 6.45) is 0. The fourth-order valence-electron chi connectivity index (χ4n) is 2.83.